The Labute approximate surface area is 164 Å². The summed E-state index contributed by atoms with van der Waals surface area (Å²) in [6.07, 6.45) is 1.24. The number of ether oxygens (including phenoxy) is 1. The molecule has 0 aliphatic rings. The van der Waals surface area contributed by atoms with Gasteiger partial charge in [0, 0.05) is 11.1 Å². The summed E-state index contributed by atoms with van der Waals surface area (Å²) >= 11 is 6.15. The van der Waals surface area contributed by atoms with Gasteiger partial charge in [0.2, 0.25) is 0 Å². The van der Waals surface area contributed by atoms with Crippen LogP contribution in [-0.2, 0) is 0 Å². The van der Waals surface area contributed by atoms with Crippen LogP contribution in [0.5, 0.6) is 11.5 Å². The van der Waals surface area contributed by atoms with Crippen LogP contribution in [0.2, 0.25) is 5.02 Å². The molecule has 0 atom stereocenters. The van der Waals surface area contributed by atoms with Crippen molar-refractivity contribution in [3.63, 3.8) is 0 Å². The summed E-state index contributed by atoms with van der Waals surface area (Å²) in [6.45, 7) is 1.74. The third-order valence-corrected chi connectivity index (χ3v) is 4.19. The van der Waals surface area contributed by atoms with Crippen molar-refractivity contribution in [3.05, 3.63) is 82.4 Å². The highest BCUT2D eigenvalue weighted by Crippen LogP contribution is 2.31. The number of carboxylic acids is 1. The largest absolute Gasteiger partial charge is 0.477 e. The van der Waals surface area contributed by atoms with E-state index in [0.717, 1.165) is 0 Å². The SMILES string of the molecule is Cc1cc(C(=O)Nc2ccc(C(=O)O)nc2)c(Oc2ccc(F)cc2)cc1Cl. The number of amides is 1. The van der Waals surface area contributed by atoms with Gasteiger partial charge in [0.05, 0.1) is 17.4 Å². The van der Waals surface area contributed by atoms with Crippen LogP contribution in [0.4, 0.5) is 10.1 Å². The van der Waals surface area contributed by atoms with Crippen molar-refractivity contribution in [2.75, 3.05) is 5.32 Å². The molecule has 0 spiro atoms. The van der Waals surface area contributed by atoms with Crippen LogP contribution in [0, 0.1) is 12.7 Å². The van der Waals surface area contributed by atoms with Crippen LogP contribution in [0.3, 0.4) is 0 Å². The first-order chi connectivity index (χ1) is 13.3. The standard InChI is InChI=1S/C20H14ClFN2O4/c1-11-8-15(19(25)24-13-4-7-17(20(26)27)23-10-13)18(9-16(11)21)28-14-5-2-12(22)3-6-14/h2-10H,1H3,(H,24,25)(H,26,27). The number of rotatable bonds is 5. The summed E-state index contributed by atoms with van der Waals surface area (Å²) in [5.41, 5.74) is 1.04. The highest BCUT2D eigenvalue weighted by molar-refractivity contribution is 6.31. The maximum atomic E-state index is 13.1. The fourth-order valence-corrected chi connectivity index (χ4v) is 2.50. The number of aryl methyl sites for hydroxylation is 1. The highest BCUT2D eigenvalue weighted by atomic mass is 35.5. The van der Waals surface area contributed by atoms with E-state index < -0.39 is 17.7 Å². The van der Waals surface area contributed by atoms with Crippen LogP contribution in [-0.4, -0.2) is 22.0 Å². The molecule has 28 heavy (non-hydrogen) atoms. The Bertz CT molecular complexity index is 1040. The first-order valence-electron chi connectivity index (χ1n) is 8.08. The van der Waals surface area contributed by atoms with Gasteiger partial charge in [0.15, 0.2) is 0 Å². The molecule has 0 saturated carbocycles. The molecule has 0 bridgehead atoms. The van der Waals surface area contributed by atoms with Crippen molar-refractivity contribution < 1.29 is 23.8 Å². The molecule has 0 fully saturated rings. The lowest BCUT2D eigenvalue weighted by Crippen LogP contribution is -2.14. The van der Waals surface area contributed by atoms with E-state index in [4.69, 9.17) is 21.4 Å². The van der Waals surface area contributed by atoms with Crippen molar-refractivity contribution in [1.29, 1.82) is 0 Å². The van der Waals surface area contributed by atoms with Crippen molar-refractivity contribution in [2.45, 2.75) is 6.92 Å². The first kappa shape index (κ1) is 19.3. The van der Waals surface area contributed by atoms with Gasteiger partial charge in [-0.2, -0.15) is 0 Å². The third-order valence-electron chi connectivity index (χ3n) is 3.79. The number of carbonyl (C=O) groups excluding carboxylic acids is 1. The number of nitrogens with zero attached hydrogens (tertiary/aromatic N) is 1. The molecule has 0 radical (unpaired) electrons. The van der Waals surface area contributed by atoms with E-state index in [1.807, 2.05) is 0 Å². The molecule has 3 aromatic rings. The van der Waals surface area contributed by atoms with E-state index in [1.54, 1.807) is 13.0 Å². The van der Waals surface area contributed by atoms with Crippen molar-refractivity contribution in [2.24, 2.45) is 0 Å². The quantitative estimate of drug-likeness (QED) is 0.634. The second kappa shape index (κ2) is 8.06. The van der Waals surface area contributed by atoms with Gasteiger partial charge in [-0.05, 0) is 55.0 Å². The van der Waals surface area contributed by atoms with Gasteiger partial charge in [0.25, 0.3) is 5.91 Å². The molecule has 3 rings (SSSR count). The number of carbonyl (C=O) groups is 2. The first-order valence-corrected chi connectivity index (χ1v) is 8.45. The van der Waals surface area contributed by atoms with E-state index in [-0.39, 0.29) is 17.0 Å². The molecule has 142 valence electrons. The lowest BCUT2D eigenvalue weighted by molar-refractivity contribution is 0.0690. The zero-order valence-electron chi connectivity index (χ0n) is 14.6. The van der Waals surface area contributed by atoms with Gasteiger partial charge in [0.1, 0.15) is 23.0 Å². The number of hydrogen-bond donors (Lipinski definition) is 2. The van der Waals surface area contributed by atoms with Crippen LogP contribution in [0.25, 0.3) is 0 Å². The second-order valence-corrected chi connectivity index (χ2v) is 6.25. The molecular formula is C20H14ClFN2O4. The minimum absolute atomic E-state index is 0.138. The summed E-state index contributed by atoms with van der Waals surface area (Å²) in [7, 11) is 0. The fraction of sp³-hybridized carbons (Fsp3) is 0.0500. The van der Waals surface area contributed by atoms with E-state index in [9.17, 15) is 14.0 Å². The van der Waals surface area contributed by atoms with Crippen molar-refractivity contribution >= 4 is 29.2 Å². The van der Waals surface area contributed by atoms with Crippen molar-refractivity contribution in [1.82, 2.24) is 4.98 Å². The summed E-state index contributed by atoms with van der Waals surface area (Å²) < 4.78 is 18.8. The smallest absolute Gasteiger partial charge is 0.354 e. The van der Waals surface area contributed by atoms with Crippen LogP contribution in [0.15, 0.2) is 54.7 Å². The number of hydrogen-bond acceptors (Lipinski definition) is 4. The number of halogens is 2. The molecule has 6 nitrogen and oxygen atoms in total. The predicted molar refractivity (Wildman–Crippen MR) is 102 cm³/mol. The number of anilines is 1. The molecule has 0 aliphatic heterocycles. The van der Waals surface area contributed by atoms with Crippen LogP contribution < -0.4 is 10.1 Å². The third kappa shape index (κ3) is 4.44. The Morgan fingerprint density at radius 1 is 1.14 bits per heavy atom. The number of carboxylic acid groups (broad SMARTS) is 1. The normalized spacial score (nSPS) is 10.4. The van der Waals surface area contributed by atoms with Gasteiger partial charge in [-0.3, -0.25) is 4.79 Å². The lowest BCUT2D eigenvalue weighted by atomic mass is 10.1. The average Bonchev–Trinajstić information content (AvgIpc) is 2.66. The maximum Gasteiger partial charge on any atom is 0.354 e. The second-order valence-electron chi connectivity index (χ2n) is 5.84. The Kier molecular flexibility index (Phi) is 5.56. The zero-order chi connectivity index (χ0) is 20.3. The topological polar surface area (TPSA) is 88.5 Å². The molecule has 1 amide bonds. The molecule has 0 aliphatic carbocycles. The Balaban J connectivity index is 1.88. The van der Waals surface area contributed by atoms with E-state index >= 15 is 0 Å². The molecule has 1 aromatic heterocycles. The summed E-state index contributed by atoms with van der Waals surface area (Å²) in [5.74, 6) is -1.55. The predicted octanol–water partition coefficient (Wildman–Crippen LogP) is 4.93. The molecule has 0 saturated heterocycles. The Hall–Kier alpha value is -3.45. The van der Waals surface area contributed by atoms with Crippen molar-refractivity contribution in [3.8, 4) is 11.5 Å². The monoisotopic (exact) mass is 400 g/mol. The van der Waals surface area contributed by atoms with Crippen LogP contribution >= 0.6 is 11.6 Å². The number of aromatic carboxylic acids is 1. The maximum absolute atomic E-state index is 13.1. The number of nitrogens with one attached hydrogen (secondary N) is 1. The number of benzene rings is 2. The van der Waals surface area contributed by atoms with Crippen LogP contribution in [0.1, 0.15) is 26.4 Å². The van der Waals surface area contributed by atoms with E-state index in [2.05, 4.69) is 10.3 Å². The fourth-order valence-electron chi connectivity index (χ4n) is 2.35. The van der Waals surface area contributed by atoms with E-state index in [0.29, 0.717) is 22.0 Å². The summed E-state index contributed by atoms with van der Waals surface area (Å²) in [6, 6.07) is 11.1. The minimum atomic E-state index is -1.17. The highest BCUT2D eigenvalue weighted by Gasteiger charge is 2.17. The molecule has 2 N–H and O–H groups in total. The van der Waals surface area contributed by atoms with Gasteiger partial charge in [-0.1, -0.05) is 11.6 Å². The number of aromatic nitrogens is 1. The molecule has 1 heterocycles. The minimum Gasteiger partial charge on any atom is -0.477 e. The lowest BCUT2D eigenvalue weighted by Gasteiger charge is -2.13. The zero-order valence-corrected chi connectivity index (χ0v) is 15.3. The van der Waals surface area contributed by atoms with Gasteiger partial charge in [-0.25, -0.2) is 14.2 Å². The average molecular weight is 401 g/mol. The number of pyridine rings is 1. The summed E-state index contributed by atoms with van der Waals surface area (Å²) in [5, 5.41) is 11.9. The Morgan fingerprint density at radius 3 is 2.46 bits per heavy atom. The van der Waals surface area contributed by atoms with E-state index in [1.165, 1.54) is 48.7 Å². The Morgan fingerprint density at radius 2 is 1.86 bits per heavy atom. The molecule has 2 aromatic carbocycles. The molecule has 8 heteroatoms. The summed E-state index contributed by atoms with van der Waals surface area (Å²) in [4.78, 5) is 27.3. The molecule has 0 unspecified atom stereocenters. The van der Waals surface area contributed by atoms with Gasteiger partial charge >= 0.3 is 5.97 Å². The molecular weight excluding hydrogens is 387 g/mol. The van der Waals surface area contributed by atoms with Gasteiger partial charge in [-0.15, -0.1) is 0 Å². The van der Waals surface area contributed by atoms with Gasteiger partial charge < -0.3 is 15.2 Å².